The number of likely N-dealkylation sites (tertiary alicyclic amines) is 1. The normalized spacial score (nSPS) is 25.6. The molecule has 0 saturated carbocycles. The molecule has 2 saturated heterocycles. The standard InChI is InChI=1S/C17H24N2O2/c1-12(20)13-3-6-17(21-2)14(9-13)10-19-8-7-15-4-5-16(11-19)18-15/h3,6,9,15-16,18H,4-5,7-8,10-11H2,1-2H3. The van der Waals surface area contributed by atoms with E-state index in [9.17, 15) is 4.79 Å². The maximum Gasteiger partial charge on any atom is 0.159 e. The van der Waals surface area contributed by atoms with Gasteiger partial charge in [-0.2, -0.15) is 0 Å². The Morgan fingerprint density at radius 2 is 2.14 bits per heavy atom. The lowest BCUT2D eigenvalue weighted by atomic mass is 10.0. The molecule has 2 heterocycles. The average molecular weight is 288 g/mol. The molecule has 1 aromatic rings. The highest BCUT2D eigenvalue weighted by molar-refractivity contribution is 5.94. The van der Waals surface area contributed by atoms with E-state index < -0.39 is 0 Å². The largest absolute Gasteiger partial charge is 0.496 e. The molecule has 0 aromatic heterocycles. The van der Waals surface area contributed by atoms with Gasteiger partial charge in [-0.1, -0.05) is 0 Å². The van der Waals surface area contributed by atoms with Crippen molar-refractivity contribution in [2.75, 3.05) is 20.2 Å². The number of rotatable bonds is 4. The molecule has 114 valence electrons. The summed E-state index contributed by atoms with van der Waals surface area (Å²) in [7, 11) is 1.69. The Balaban J connectivity index is 1.76. The topological polar surface area (TPSA) is 41.6 Å². The molecular formula is C17H24N2O2. The SMILES string of the molecule is COc1ccc(C(C)=O)cc1CN1CCC2CCC(C1)N2. The second kappa shape index (κ2) is 6.16. The summed E-state index contributed by atoms with van der Waals surface area (Å²) in [6.07, 6.45) is 3.82. The van der Waals surface area contributed by atoms with E-state index in [2.05, 4.69) is 10.2 Å². The van der Waals surface area contributed by atoms with Crippen molar-refractivity contribution in [3.8, 4) is 5.75 Å². The van der Waals surface area contributed by atoms with Crippen molar-refractivity contribution in [2.45, 2.75) is 44.8 Å². The minimum atomic E-state index is 0.107. The first kappa shape index (κ1) is 14.5. The molecule has 21 heavy (non-hydrogen) atoms. The van der Waals surface area contributed by atoms with E-state index in [1.54, 1.807) is 14.0 Å². The second-order valence-electron chi connectivity index (χ2n) is 6.24. The Kier molecular flexibility index (Phi) is 4.27. The van der Waals surface area contributed by atoms with Gasteiger partial charge < -0.3 is 10.1 Å². The number of fused-ring (bicyclic) bond motifs is 2. The van der Waals surface area contributed by atoms with Crippen LogP contribution in [0.15, 0.2) is 18.2 Å². The number of benzene rings is 1. The lowest BCUT2D eigenvalue weighted by Crippen LogP contribution is -2.35. The smallest absolute Gasteiger partial charge is 0.159 e. The summed E-state index contributed by atoms with van der Waals surface area (Å²) in [4.78, 5) is 14.1. The number of carbonyl (C=O) groups excluding carboxylic acids is 1. The van der Waals surface area contributed by atoms with Crippen molar-refractivity contribution in [3.63, 3.8) is 0 Å². The molecule has 0 spiro atoms. The maximum atomic E-state index is 11.6. The van der Waals surface area contributed by atoms with Crippen LogP contribution < -0.4 is 10.1 Å². The second-order valence-corrected chi connectivity index (χ2v) is 6.24. The number of carbonyl (C=O) groups is 1. The van der Waals surface area contributed by atoms with Crippen LogP contribution in [0.25, 0.3) is 0 Å². The quantitative estimate of drug-likeness (QED) is 0.863. The van der Waals surface area contributed by atoms with Crippen LogP contribution in [-0.4, -0.2) is 43.0 Å². The molecule has 3 rings (SSSR count). The van der Waals surface area contributed by atoms with Crippen LogP contribution in [0, 0.1) is 0 Å². The predicted octanol–water partition coefficient (Wildman–Crippen LogP) is 2.22. The fraction of sp³-hybridized carbons (Fsp3) is 0.588. The Morgan fingerprint density at radius 3 is 2.90 bits per heavy atom. The summed E-state index contributed by atoms with van der Waals surface area (Å²) < 4.78 is 5.46. The Bertz CT molecular complexity index is 530. The van der Waals surface area contributed by atoms with Crippen LogP contribution in [0.1, 0.15) is 42.1 Å². The molecule has 2 unspecified atom stereocenters. The number of ketones is 1. The lowest BCUT2D eigenvalue weighted by Gasteiger charge is -2.25. The van der Waals surface area contributed by atoms with Crippen molar-refractivity contribution < 1.29 is 9.53 Å². The molecule has 0 aliphatic carbocycles. The van der Waals surface area contributed by atoms with Gasteiger partial charge in [0.15, 0.2) is 5.78 Å². The molecule has 2 fully saturated rings. The molecule has 0 amide bonds. The van der Waals surface area contributed by atoms with Crippen LogP contribution >= 0.6 is 0 Å². The van der Waals surface area contributed by atoms with Gasteiger partial charge in [-0.05, 0) is 44.4 Å². The van der Waals surface area contributed by atoms with E-state index in [1.165, 1.54) is 19.3 Å². The monoisotopic (exact) mass is 288 g/mol. The van der Waals surface area contributed by atoms with E-state index >= 15 is 0 Å². The Morgan fingerprint density at radius 1 is 1.33 bits per heavy atom. The van der Waals surface area contributed by atoms with Crippen LogP contribution in [-0.2, 0) is 6.54 Å². The molecule has 4 nitrogen and oxygen atoms in total. The summed E-state index contributed by atoms with van der Waals surface area (Å²) >= 11 is 0. The summed E-state index contributed by atoms with van der Waals surface area (Å²) in [5.74, 6) is 0.984. The van der Waals surface area contributed by atoms with Gasteiger partial charge in [0, 0.05) is 42.8 Å². The molecule has 4 heteroatoms. The van der Waals surface area contributed by atoms with Gasteiger partial charge in [0.25, 0.3) is 0 Å². The zero-order chi connectivity index (χ0) is 14.8. The van der Waals surface area contributed by atoms with E-state index in [1.807, 2.05) is 18.2 Å². The average Bonchev–Trinajstić information content (AvgIpc) is 2.81. The first-order valence-corrected chi connectivity index (χ1v) is 7.82. The molecule has 2 atom stereocenters. The fourth-order valence-corrected chi connectivity index (χ4v) is 3.52. The molecule has 1 N–H and O–H groups in total. The summed E-state index contributed by atoms with van der Waals surface area (Å²) in [5.41, 5.74) is 1.88. The van der Waals surface area contributed by atoms with Gasteiger partial charge in [-0.3, -0.25) is 9.69 Å². The van der Waals surface area contributed by atoms with Crippen molar-refractivity contribution in [1.29, 1.82) is 0 Å². The van der Waals surface area contributed by atoms with E-state index in [4.69, 9.17) is 4.74 Å². The van der Waals surface area contributed by atoms with Crippen LogP contribution in [0.2, 0.25) is 0 Å². The first-order valence-electron chi connectivity index (χ1n) is 7.82. The first-order chi connectivity index (χ1) is 10.2. The van der Waals surface area contributed by atoms with Gasteiger partial charge in [-0.15, -0.1) is 0 Å². The number of ether oxygens (including phenoxy) is 1. The summed E-state index contributed by atoms with van der Waals surface area (Å²) in [6, 6.07) is 7.06. The highest BCUT2D eigenvalue weighted by Gasteiger charge is 2.29. The highest BCUT2D eigenvalue weighted by Crippen LogP contribution is 2.25. The van der Waals surface area contributed by atoms with Gasteiger partial charge in [-0.25, -0.2) is 0 Å². The van der Waals surface area contributed by atoms with Gasteiger partial charge in [0.2, 0.25) is 0 Å². The maximum absolute atomic E-state index is 11.6. The minimum absolute atomic E-state index is 0.107. The zero-order valence-electron chi connectivity index (χ0n) is 12.9. The van der Waals surface area contributed by atoms with Crippen LogP contribution in [0.3, 0.4) is 0 Å². The number of nitrogens with one attached hydrogen (secondary N) is 1. The third kappa shape index (κ3) is 3.27. The van der Waals surface area contributed by atoms with Gasteiger partial charge in [0.05, 0.1) is 7.11 Å². The third-order valence-corrected chi connectivity index (χ3v) is 4.69. The third-order valence-electron chi connectivity index (χ3n) is 4.69. The zero-order valence-corrected chi connectivity index (χ0v) is 12.9. The van der Waals surface area contributed by atoms with Crippen LogP contribution in [0.5, 0.6) is 5.75 Å². The van der Waals surface area contributed by atoms with Crippen molar-refractivity contribution in [3.05, 3.63) is 29.3 Å². The lowest BCUT2D eigenvalue weighted by molar-refractivity contribution is 0.101. The Labute approximate surface area is 126 Å². The summed E-state index contributed by atoms with van der Waals surface area (Å²) in [6.45, 7) is 4.67. The molecular weight excluding hydrogens is 264 g/mol. The molecule has 2 aliphatic rings. The molecule has 0 radical (unpaired) electrons. The fourth-order valence-electron chi connectivity index (χ4n) is 3.52. The number of methoxy groups -OCH3 is 1. The van der Waals surface area contributed by atoms with Gasteiger partial charge >= 0.3 is 0 Å². The van der Waals surface area contributed by atoms with Crippen molar-refractivity contribution in [2.24, 2.45) is 0 Å². The Hall–Kier alpha value is -1.39. The number of hydrogen-bond donors (Lipinski definition) is 1. The number of nitrogens with zero attached hydrogens (tertiary/aromatic N) is 1. The van der Waals surface area contributed by atoms with E-state index in [0.29, 0.717) is 12.1 Å². The highest BCUT2D eigenvalue weighted by atomic mass is 16.5. The molecule has 1 aromatic carbocycles. The summed E-state index contributed by atoms with van der Waals surface area (Å²) in [5, 5.41) is 3.70. The van der Waals surface area contributed by atoms with Crippen molar-refractivity contribution >= 4 is 5.78 Å². The van der Waals surface area contributed by atoms with E-state index in [-0.39, 0.29) is 5.78 Å². The van der Waals surface area contributed by atoms with Crippen molar-refractivity contribution in [1.82, 2.24) is 10.2 Å². The molecule has 2 bridgehead atoms. The number of Topliss-reactive ketones (excluding diaryl/α,β-unsaturated/α-hetero) is 1. The van der Waals surface area contributed by atoms with E-state index in [0.717, 1.165) is 36.5 Å². The predicted molar refractivity (Wildman–Crippen MR) is 82.8 cm³/mol. The molecule has 2 aliphatic heterocycles. The number of hydrogen-bond acceptors (Lipinski definition) is 4. The van der Waals surface area contributed by atoms with Crippen LogP contribution in [0.4, 0.5) is 0 Å². The van der Waals surface area contributed by atoms with Gasteiger partial charge in [0.1, 0.15) is 5.75 Å². The minimum Gasteiger partial charge on any atom is -0.496 e.